The minimum atomic E-state index is -2.83. The van der Waals surface area contributed by atoms with Gasteiger partial charge < -0.3 is 15.0 Å². The molecule has 1 fully saturated rings. The number of halogens is 2. The summed E-state index contributed by atoms with van der Waals surface area (Å²) in [5, 5.41) is 2.90. The predicted octanol–water partition coefficient (Wildman–Crippen LogP) is 3.26. The molecular formula is C19H21F2N3O2. The minimum Gasteiger partial charge on any atom is -0.435 e. The topological polar surface area (TPSA) is 54.5 Å². The van der Waals surface area contributed by atoms with Gasteiger partial charge in [-0.3, -0.25) is 4.79 Å². The third-order valence-corrected chi connectivity index (χ3v) is 4.28. The highest BCUT2D eigenvalue weighted by atomic mass is 19.3. The predicted molar refractivity (Wildman–Crippen MR) is 94.8 cm³/mol. The number of hydrogen-bond acceptors (Lipinski definition) is 4. The molecule has 1 aromatic heterocycles. The normalized spacial score (nSPS) is 13.9. The molecule has 5 nitrogen and oxygen atoms in total. The van der Waals surface area contributed by atoms with Crippen LogP contribution < -0.4 is 15.0 Å². The van der Waals surface area contributed by atoms with E-state index in [4.69, 9.17) is 0 Å². The van der Waals surface area contributed by atoms with Crippen LogP contribution in [-0.2, 0) is 6.42 Å². The standard InChI is InChI=1S/C19H21F2N3O2/c20-19(21)26-15-7-5-14(6-8-15)9-11-23-18(25)16-4-3-10-22-17(16)24-12-1-2-13-24/h3-8,10,19H,1-2,9,11-13H2,(H,23,25). The molecule has 0 radical (unpaired) electrons. The Morgan fingerprint density at radius 1 is 1.19 bits per heavy atom. The second kappa shape index (κ2) is 8.60. The number of pyridine rings is 1. The average Bonchev–Trinajstić information content (AvgIpc) is 3.17. The van der Waals surface area contributed by atoms with Crippen LogP contribution >= 0.6 is 0 Å². The molecular weight excluding hydrogens is 340 g/mol. The first-order valence-corrected chi connectivity index (χ1v) is 8.65. The third-order valence-electron chi connectivity index (χ3n) is 4.28. The second-order valence-electron chi connectivity index (χ2n) is 6.10. The Morgan fingerprint density at radius 2 is 1.92 bits per heavy atom. The quantitative estimate of drug-likeness (QED) is 0.823. The van der Waals surface area contributed by atoms with Crippen molar-refractivity contribution < 1.29 is 18.3 Å². The first-order chi connectivity index (χ1) is 12.6. The highest BCUT2D eigenvalue weighted by Crippen LogP contribution is 2.21. The van der Waals surface area contributed by atoms with Crippen molar-refractivity contribution >= 4 is 11.7 Å². The fourth-order valence-corrected chi connectivity index (χ4v) is 3.01. The van der Waals surface area contributed by atoms with Crippen molar-refractivity contribution in [2.24, 2.45) is 0 Å². The van der Waals surface area contributed by atoms with Gasteiger partial charge >= 0.3 is 6.61 Å². The van der Waals surface area contributed by atoms with Gasteiger partial charge in [-0.25, -0.2) is 4.98 Å². The van der Waals surface area contributed by atoms with Gasteiger partial charge in [0.1, 0.15) is 11.6 Å². The second-order valence-corrected chi connectivity index (χ2v) is 6.10. The maximum atomic E-state index is 12.5. The Morgan fingerprint density at radius 3 is 2.62 bits per heavy atom. The molecule has 3 rings (SSSR count). The Balaban J connectivity index is 1.54. The van der Waals surface area contributed by atoms with E-state index in [0.717, 1.165) is 37.3 Å². The monoisotopic (exact) mass is 361 g/mol. The molecule has 1 aromatic carbocycles. The zero-order valence-electron chi connectivity index (χ0n) is 14.3. The Labute approximate surface area is 151 Å². The summed E-state index contributed by atoms with van der Waals surface area (Å²) in [6, 6.07) is 9.96. The van der Waals surface area contributed by atoms with Gasteiger partial charge in [-0.2, -0.15) is 8.78 Å². The van der Waals surface area contributed by atoms with Crippen molar-refractivity contribution in [1.29, 1.82) is 0 Å². The fraction of sp³-hybridized carbons (Fsp3) is 0.368. The first-order valence-electron chi connectivity index (χ1n) is 8.65. The average molecular weight is 361 g/mol. The number of nitrogens with zero attached hydrogens (tertiary/aromatic N) is 2. The number of hydrogen-bond donors (Lipinski definition) is 1. The van der Waals surface area contributed by atoms with Crippen molar-refractivity contribution in [2.45, 2.75) is 25.9 Å². The summed E-state index contributed by atoms with van der Waals surface area (Å²) < 4.78 is 28.6. The molecule has 0 aliphatic carbocycles. The van der Waals surface area contributed by atoms with Gasteiger partial charge in [0.05, 0.1) is 5.56 Å². The first kappa shape index (κ1) is 18.1. The smallest absolute Gasteiger partial charge is 0.387 e. The van der Waals surface area contributed by atoms with Gasteiger partial charge in [0.15, 0.2) is 0 Å². The molecule has 0 bridgehead atoms. The summed E-state index contributed by atoms with van der Waals surface area (Å²) in [7, 11) is 0. The van der Waals surface area contributed by atoms with E-state index in [-0.39, 0.29) is 11.7 Å². The minimum absolute atomic E-state index is 0.124. The number of carbonyl (C=O) groups excluding carboxylic acids is 1. The van der Waals surface area contributed by atoms with Gasteiger partial charge in [-0.05, 0) is 49.1 Å². The molecule has 1 amide bonds. The van der Waals surface area contributed by atoms with Crippen LogP contribution in [0.2, 0.25) is 0 Å². The van der Waals surface area contributed by atoms with E-state index < -0.39 is 6.61 Å². The lowest BCUT2D eigenvalue weighted by Crippen LogP contribution is -2.29. The van der Waals surface area contributed by atoms with E-state index in [1.807, 2.05) is 0 Å². The van der Waals surface area contributed by atoms with Gasteiger partial charge in [-0.15, -0.1) is 0 Å². The Bertz CT molecular complexity index is 732. The van der Waals surface area contributed by atoms with Gasteiger partial charge in [0.25, 0.3) is 5.91 Å². The van der Waals surface area contributed by atoms with Crippen LogP contribution in [0, 0.1) is 0 Å². The molecule has 0 atom stereocenters. The number of amides is 1. The lowest BCUT2D eigenvalue weighted by atomic mass is 10.1. The third kappa shape index (κ3) is 4.68. The van der Waals surface area contributed by atoms with Crippen molar-refractivity contribution in [3.63, 3.8) is 0 Å². The van der Waals surface area contributed by atoms with Crippen LogP contribution in [0.25, 0.3) is 0 Å². The Kier molecular flexibility index (Phi) is 5.99. The molecule has 2 aromatic rings. The van der Waals surface area contributed by atoms with Crippen molar-refractivity contribution in [3.8, 4) is 5.75 Å². The molecule has 2 heterocycles. The summed E-state index contributed by atoms with van der Waals surface area (Å²) in [4.78, 5) is 19.0. The maximum Gasteiger partial charge on any atom is 0.387 e. The van der Waals surface area contributed by atoms with E-state index in [1.54, 1.807) is 30.5 Å². The number of aromatic nitrogens is 1. The van der Waals surface area contributed by atoms with Crippen molar-refractivity contribution in [3.05, 3.63) is 53.7 Å². The molecule has 1 aliphatic rings. The number of carbonyl (C=O) groups is 1. The van der Waals surface area contributed by atoms with Gasteiger partial charge in [0, 0.05) is 25.8 Å². The molecule has 0 spiro atoms. The molecule has 1 aliphatic heterocycles. The van der Waals surface area contributed by atoms with Crippen LogP contribution in [0.5, 0.6) is 5.75 Å². The number of ether oxygens (including phenoxy) is 1. The SMILES string of the molecule is O=C(NCCc1ccc(OC(F)F)cc1)c1cccnc1N1CCCC1. The molecule has 138 valence electrons. The van der Waals surface area contributed by atoms with Crippen molar-refractivity contribution in [2.75, 3.05) is 24.5 Å². The van der Waals surface area contributed by atoms with Gasteiger partial charge in [-0.1, -0.05) is 12.1 Å². The Hall–Kier alpha value is -2.70. The van der Waals surface area contributed by atoms with Crippen LogP contribution in [0.3, 0.4) is 0 Å². The van der Waals surface area contributed by atoms with E-state index >= 15 is 0 Å². The van der Waals surface area contributed by atoms with E-state index in [9.17, 15) is 13.6 Å². The summed E-state index contributed by atoms with van der Waals surface area (Å²) in [6.45, 7) is -0.541. The highest BCUT2D eigenvalue weighted by Gasteiger charge is 2.20. The zero-order chi connectivity index (χ0) is 18.4. The molecule has 26 heavy (non-hydrogen) atoms. The van der Waals surface area contributed by atoms with Crippen LogP contribution in [-0.4, -0.2) is 37.1 Å². The maximum absolute atomic E-state index is 12.5. The molecule has 7 heteroatoms. The molecule has 0 saturated carbocycles. The molecule has 0 unspecified atom stereocenters. The zero-order valence-corrected chi connectivity index (χ0v) is 14.3. The molecule has 1 N–H and O–H groups in total. The number of alkyl halides is 2. The van der Waals surface area contributed by atoms with Crippen molar-refractivity contribution in [1.82, 2.24) is 10.3 Å². The summed E-state index contributed by atoms with van der Waals surface area (Å²) in [5.74, 6) is 0.701. The number of rotatable bonds is 7. The number of anilines is 1. The van der Waals surface area contributed by atoms with E-state index in [0.29, 0.717) is 18.5 Å². The largest absolute Gasteiger partial charge is 0.435 e. The fourth-order valence-electron chi connectivity index (χ4n) is 3.01. The summed E-state index contributed by atoms with van der Waals surface area (Å²) >= 11 is 0. The highest BCUT2D eigenvalue weighted by molar-refractivity contribution is 5.98. The summed E-state index contributed by atoms with van der Waals surface area (Å²) in [6.07, 6.45) is 4.53. The lowest BCUT2D eigenvalue weighted by molar-refractivity contribution is -0.0498. The lowest BCUT2D eigenvalue weighted by Gasteiger charge is -2.19. The van der Waals surface area contributed by atoms with Crippen LogP contribution in [0.4, 0.5) is 14.6 Å². The van der Waals surface area contributed by atoms with E-state index in [1.165, 1.54) is 12.1 Å². The summed E-state index contributed by atoms with van der Waals surface area (Å²) in [5.41, 5.74) is 1.51. The number of benzene rings is 1. The van der Waals surface area contributed by atoms with Gasteiger partial charge in [0.2, 0.25) is 0 Å². The number of nitrogens with one attached hydrogen (secondary N) is 1. The van der Waals surface area contributed by atoms with Crippen LogP contribution in [0.1, 0.15) is 28.8 Å². The van der Waals surface area contributed by atoms with E-state index in [2.05, 4.69) is 19.9 Å². The molecule has 1 saturated heterocycles. The van der Waals surface area contributed by atoms with Crippen LogP contribution in [0.15, 0.2) is 42.6 Å².